The van der Waals surface area contributed by atoms with Gasteiger partial charge >= 0.3 is 11.9 Å². The average molecular weight is 539 g/mol. The van der Waals surface area contributed by atoms with Crippen LogP contribution in [0.5, 0.6) is 11.5 Å². The molecule has 3 atom stereocenters. The molecular weight excluding hydrogens is 507 g/mol. The fourth-order valence-electron chi connectivity index (χ4n) is 3.88. The Balaban J connectivity index is 1.71. The largest absolute Gasteiger partial charge is 0.493 e. The summed E-state index contributed by atoms with van der Waals surface area (Å²) in [7, 11) is 1.38. The summed E-state index contributed by atoms with van der Waals surface area (Å²) < 4.78 is 34.6. The first kappa shape index (κ1) is 29.1. The summed E-state index contributed by atoms with van der Waals surface area (Å²) in [5, 5.41) is 2.57. The van der Waals surface area contributed by atoms with Crippen molar-refractivity contribution in [2.45, 2.75) is 45.3 Å². The van der Waals surface area contributed by atoms with Crippen molar-refractivity contribution in [1.29, 1.82) is 0 Å². The third kappa shape index (κ3) is 8.26. The van der Waals surface area contributed by atoms with Crippen LogP contribution in [0, 0.1) is 5.82 Å². The van der Waals surface area contributed by atoms with Gasteiger partial charge in [0.25, 0.3) is 5.91 Å². The second-order valence-corrected chi connectivity index (χ2v) is 8.77. The quantitative estimate of drug-likeness (QED) is 0.270. The standard InChI is InChI=1S/C29H31FN2O7/c1-18(32-28(34)26-27(38-17-37-20(3)33)25(36-4)14-15-31-26)29(35)39-19(2)24(22-8-6-5-7-9-22)16-21-10-12-23(30)13-11-21/h5-15,18-19,24H,16-17H2,1-4H3,(H,32,34)/t18-,19-,24-/m0/s1. The zero-order valence-corrected chi connectivity index (χ0v) is 22.2. The van der Waals surface area contributed by atoms with Crippen LogP contribution in [0.1, 0.15) is 48.3 Å². The van der Waals surface area contributed by atoms with E-state index in [0.29, 0.717) is 6.42 Å². The molecule has 0 aliphatic carbocycles. The number of hydrogen-bond acceptors (Lipinski definition) is 8. The van der Waals surface area contributed by atoms with Crippen molar-refractivity contribution in [3.8, 4) is 11.5 Å². The monoisotopic (exact) mass is 538 g/mol. The molecule has 0 bridgehead atoms. The predicted octanol–water partition coefficient (Wildman–Crippen LogP) is 4.21. The molecule has 1 N–H and O–H groups in total. The molecule has 0 unspecified atom stereocenters. The Morgan fingerprint density at radius 1 is 1.00 bits per heavy atom. The number of rotatable bonds is 12. The molecule has 0 spiro atoms. The average Bonchev–Trinajstić information content (AvgIpc) is 2.92. The lowest BCUT2D eigenvalue weighted by molar-refractivity contribution is -0.151. The third-order valence-electron chi connectivity index (χ3n) is 5.94. The smallest absolute Gasteiger partial charge is 0.328 e. The highest BCUT2D eigenvalue weighted by atomic mass is 19.1. The third-order valence-corrected chi connectivity index (χ3v) is 5.94. The molecule has 9 nitrogen and oxygen atoms in total. The van der Waals surface area contributed by atoms with Gasteiger partial charge in [0.2, 0.25) is 6.79 Å². The van der Waals surface area contributed by atoms with Crippen molar-refractivity contribution < 1.29 is 37.7 Å². The van der Waals surface area contributed by atoms with E-state index in [1.807, 2.05) is 30.3 Å². The first-order valence-corrected chi connectivity index (χ1v) is 12.3. The van der Waals surface area contributed by atoms with Gasteiger partial charge in [0.15, 0.2) is 17.2 Å². The maximum Gasteiger partial charge on any atom is 0.328 e. The minimum Gasteiger partial charge on any atom is -0.493 e. The molecule has 0 radical (unpaired) electrons. The molecule has 0 fully saturated rings. The molecule has 1 amide bonds. The highest BCUT2D eigenvalue weighted by molar-refractivity contribution is 5.98. The summed E-state index contributed by atoms with van der Waals surface area (Å²) in [5.41, 5.74) is 1.68. The van der Waals surface area contributed by atoms with E-state index in [1.165, 1.54) is 45.4 Å². The number of amides is 1. The van der Waals surface area contributed by atoms with Crippen molar-refractivity contribution in [3.63, 3.8) is 0 Å². The number of benzene rings is 2. The predicted molar refractivity (Wildman–Crippen MR) is 140 cm³/mol. The highest BCUT2D eigenvalue weighted by Crippen LogP contribution is 2.30. The topological polar surface area (TPSA) is 113 Å². The molecule has 0 aliphatic rings. The first-order chi connectivity index (χ1) is 18.7. The summed E-state index contributed by atoms with van der Waals surface area (Å²) in [6, 6.07) is 16.2. The Bertz CT molecular complexity index is 1270. The molecule has 39 heavy (non-hydrogen) atoms. The Hall–Kier alpha value is -4.47. The Kier molecular flexibility index (Phi) is 10.4. The summed E-state index contributed by atoms with van der Waals surface area (Å²) in [4.78, 5) is 41.1. The van der Waals surface area contributed by atoms with Crippen LogP contribution in [0.4, 0.5) is 4.39 Å². The molecule has 3 rings (SSSR count). The Morgan fingerprint density at radius 2 is 1.69 bits per heavy atom. The van der Waals surface area contributed by atoms with Crippen molar-refractivity contribution in [2.24, 2.45) is 0 Å². The molecule has 0 saturated heterocycles. The summed E-state index contributed by atoms with van der Waals surface area (Å²) in [6.07, 6.45) is 1.29. The first-order valence-electron chi connectivity index (χ1n) is 12.3. The minimum absolute atomic E-state index is 0.0453. The van der Waals surface area contributed by atoms with Crippen LogP contribution in [0.2, 0.25) is 0 Å². The van der Waals surface area contributed by atoms with Gasteiger partial charge in [0, 0.05) is 25.1 Å². The fraction of sp³-hybridized carbons (Fsp3) is 0.310. The van der Waals surface area contributed by atoms with Gasteiger partial charge in [-0.2, -0.15) is 0 Å². The number of methoxy groups -OCH3 is 1. The number of hydrogen-bond donors (Lipinski definition) is 1. The molecule has 1 heterocycles. The van der Waals surface area contributed by atoms with E-state index in [4.69, 9.17) is 18.9 Å². The van der Waals surface area contributed by atoms with Crippen LogP contribution in [-0.4, -0.2) is 48.9 Å². The minimum atomic E-state index is -1.03. The van der Waals surface area contributed by atoms with Gasteiger partial charge in [-0.05, 0) is 43.5 Å². The Labute approximate surface area is 226 Å². The van der Waals surface area contributed by atoms with Crippen molar-refractivity contribution in [1.82, 2.24) is 10.3 Å². The van der Waals surface area contributed by atoms with E-state index >= 15 is 0 Å². The fourth-order valence-corrected chi connectivity index (χ4v) is 3.88. The van der Waals surface area contributed by atoms with E-state index in [-0.39, 0.29) is 28.9 Å². The number of esters is 2. The number of carbonyl (C=O) groups excluding carboxylic acids is 3. The van der Waals surface area contributed by atoms with Gasteiger partial charge in [0.1, 0.15) is 18.0 Å². The Morgan fingerprint density at radius 3 is 2.33 bits per heavy atom. The van der Waals surface area contributed by atoms with Gasteiger partial charge in [0.05, 0.1) is 7.11 Å². The molecule has 1 aromatic heterocycles. The maximum atomic E-state index is 13.4. The number of pyridine rings is 1. The van der Waals surface area contributed by atoms with Gasteiger partial charge in [-0.25, -0.2) is 14.2 Å². The second kappa shape index (κ2) is 13.9. The molecular formula is C29H31FN2O7. The molecule has 0 aliphatic heterocycles. The lowest BCUT2D eigenvalue weighted by Crippen LogP contribution is -2.41. The van der Waals surface area contributed by atoms with Crippen LogP contribution in [0.15, 0.2) is 66.9 Å². The summed E-state index contributed by atoms with van der Waals surface area (Å²) in [6.45, 7) is 4.03. The van der Waals surface area contributed by atoms with E-state index in [1.54, 1.807) is 19.1 Å². The van der Waals surface area contributed by atoms with Crippen LogP contribution >= 0.6 is 0 Å². The van der Waals surface area contributed by atoms with Gasteiger partial charge in [-0.1, -0.05) is 42.5 Å². The van der Waals surface area contributed by atoms with Crippen LogP contribution in [0.3, 0.4) is 0 Å². The van der Waals surface area contributed by atoms with Gasteiger partial charge in [-0.15, -0.1) is 0 Å². The molecule has 206 valence electrons. The van der Waals surface area contributed by atoms with Crippen molar-refractivity contribution in [2.75, 3.05) is 13.9 Å². The lowest BCUT2D eigenvalue weighted by atomic mass is 9.88. The zero-order chi connectivity index (χ0) is 28.4. The lowest BCUT2D eigenvalue weighted by Gasteiger charge is -2.26. The van der Waals surface area contributed by atoms with E-state index in [2.05, 4.69) is 10.3 Å². The van der Waals surface area contributed by atoms with Crippen LogP contribution < -0.4 is 14.8 Å². The number of nitrogens with one attached hydrogen (secondary N) is 1. The van der Waals surface area contributed by atoms with Crippen LogP contribution in [0.25, 0.3) is 0 Å². The van der Waals surface area contributed by atoms with Gasteiger partial charge < -0.3 is 24.3 Å². The molecule has 0 saturated carbocycles. The number of halogens is 1. The number of carbonyl (C=O) groups is 3. The normalized spacial score (nSPS) is 12.9. The zero-order valence-electron chi connectivity index (χ0n) is 22.2. The molecule has 3 aromatic rings. The number of aromatic nitrogens is 1. The molecule has 10 heteroatoms. The van der Waals surface area contributed by atoms with Crippen molar-refractivity contribution >= 4 is 17.8 Å². The van der Waals surface area contributed by atoms with E-state index in [0.717, 1.165) is 11.1 Å². The maximum absolute atomic E-state index is 13.4. The second-order valence-electron chi connectivity index (χ2n) is 8.77. The van der Waals surface area contributed by atoms with Gasteiger partial charge in [-0.3, -0.25) is 9.59 Å². The molecule has 2 aromatic carbocycles. The summed E-state index contributed by atoms with van der Waals surface area (Å²) in [5.74, 6) is -2.33. The van der Waals surface area contributed by atoms with E-state index in [9.17, 15) is 18.8 Å². The number of nitrogens with zero attached hydrogens (tertiary/aromatic N) is 1. The SMILES string of the molecule is COc1ccnc(C(=O)N[C@@H](C)C(=O)O[C@@H](C)[C@H](Cc2ccc(F)cc2)c2ccccc2)c1OCOC(C)=O. The van der Waals surface area contributed by atoms with Crippen molar-refractivity contribution in [3.05, 3.63) is 89.5 Å². The highest BCUT2D eigenvalue weighted by Gasteiger charge is 2.28. The number of ether oxygens (including phenoxy) is 4. The summed E-state index contributed by atoms with van der Waals surface area (Å²) >= 11 is 0. The van der Waals surface area contributed by atoms with E-state index < -0.39 is 36.8 Å². The van der Waals surface area contributed by atoms with Crippen LogP contribution in [-0.2, 0) is 25.5 Å².